The molecule has 0 unspecified atom stereocenters. The highest BCUT2D eigenvalue weighted by Gasteiger charge is 2.25. The molecule has 2 rings (SSSR count). The van der Waals surface area contributed by atoms with Crippen molar-refractivity contribution in [3.8, 4) is 0 Å². The molecule has 1 aromatic rings. The van der Waals surface area contributed by atoms with E-state index >= 15 is 0 Å². The molecule has 1 aliphatic heterocycles. The van der Waals surface area contributed by atoms with Gasteiger partial charge in [-0.1, -0.05) is 17.7 Å². The van der Waals surface area contributed by atoms with Gasteiger partial charge in [0.2, 0.25) is 0 Å². The lowest BCUT2D eigenvalue weighted by atomic mass is 10.0. The molecule has 2 N–H and O–H groups in total. The lowest BCUT2D eigenvalue weighted by Gasteiger charge is -2.29. The van der Waals surface area contributed by atoms with Crippen molar-refractivity contribution in [2.24, 2.45) is 0 Å². The smallest absolute Gasteiger partial charge is 0.410 e. The number of hydrogen-bond acceptors (Lipinski definition) is 5. The van der Waals surface area contributed by atoms with Crippen LogP contribution in [-0.4, -0.2) is 46.4 Å². The lowest BCUT2D eigenvalue weighted by molar-refractivity contribution is 0.0270. The summed E-state index contributed by atoms with van der Waals surface area (Å²) in [6, 6.07) is 1.53. The molecule has 0 aliphatic carbocycles. The van der Waals surface area contributed by atoms with Crippen LogP contribution in [0, 0.1) is 5.41 Å². The molecule has 2 heterocycles. The fraction of sp³-hybridized carbons (Fsp3) is 0.444. The molecule has 7 nitrogen and oxygen atoms in total. The van der Waals surface area contributed by atoms with E-state index in [-0.39, 0.29) is 17.5 Å². The molecule has 0 radical (unpaired) electrons. The fourth-order valence-corrected chi connectivity index (χ4v) is 2.71. The highest BCUT2D eigenvalue weighted by Crippen LogP contribution is 2.28. The maximum atomic E-state index is 12.1. The molecule has 2 amide bonds. The van der Waals surface area contributed by atoms with Crippen LogP contribution in [0.25, 0.3) is 5.57 Å². The minimum Gasteiger partial charge on any atom is -0.444 e. The molecule has 26 heavy (non-hydrogen) atoms. The van der Waals surface area contributed by atoms with E-state index in [0.717, 1.165) is 5.57 Å². The van der Waals surface area contributed by atoms with Gasteiger partial charge in [-0.15, -0.1) is 0 Å². The van der Waals surface area contributed by atoms with Crippen LogP contribution in [0.4, 0.5) is 4.79 Å². The van der Waals surface area contributed by atoms with Crippen LogP contribution in [0.15, 0.2) is 18.3 Å². The number of halogens is 1. The Labute approximate surface area is 157 Å². The van der Waals surface area contributed by atoms with Gasteiger partial charge >= 0.3 is 6.09 Å². The zero-order chi connectivity index (χ0) is 19.5. The predicted molar refractivity (Wildman–Crippen MR) is 101 cm³/mol. The van der Waals surface area contributed by atoms with Crippen molar-refractivity contribution in [1.82, 2.24) is 15.2 Å². The third-order valence-electron chi connectivity index (χ3n) is 3.57. The van der Waals surface area contributed by atoms with Crippen LogP contribution < -0.4 is 5.32 Å². The van der Waals surface area contributed by atoms with Crippen LogP contribution in [0.3, 0.4) is 0 Å². The minimum absolute atomic E-state index is 0.0485. The Kier molecular flexibility index (Phi) is 6.02. The summed E-state index contributed by atoms with van der Waals surface area (Å²) in [5.74, 6) is -0.375. The first-order valence-electron chi connectivity index (χ1n) is 8.26. The van der Waals surface area contributed by atoms with E-state index in [1.165, 1.54) is 19.2 Å². The third-order valence-corrected chi connectivity index (χ3v) is 3.86. The second-order valence-corrected chi connectivity index (χ2v) is 7.45. The highest BCUT2D eigenvalue weighted by atomic mass is 35.5. The summed E-state index contributed by atoms with van der Waals surface area (Å²) < 4.78 is 5.37. The summed E-state index contributed by atoms with van der Waals surface area (Å²) in [6.07, 6.45) is 3.57. The van der Waals surface area contributed by atoms with Crippen LogP contribution in [-0.2, 0) is 4.74 Å². The van der Waals surface area contributed by atoms with Crippen molar-refractivity contribution in [3.05, 3.63) is 34.6 Å². The molecule has 140 valence electrons. The average molecular weight is 379 g/mol. The number of rotatable bonds is 2. The lowest BCUT2D eigenvalue weighted by Crippen LogP contribution is -2.39. The van der Waals surface area contributed by atoms with E-state index < -0.39 is 11.5 Å². The average Bonchev–Trinajstić information content (AvgIpc) is 2.52. The SMILES string of the molecule is CC(=N)NC(=O)c1cnc(C2=CCN(C(=O)OC(C)(C)C)CC2)c(Cl)c1. The molecular weight excluding hydrogens is 356 g/mol. The van der Waals surface area contributed by atoms with Gasteiger partial charge in [0, 0.05) is 19.3 Å². The summed E-state index contributed by atoms with van der Waals surface area (Å²) in [6.45, 7) is 7.89. The quantitative estimate of drug-likeness (QED) is 0.608. The van der Waals surface area contributed by atoms with E-state index in [9.17, 15) is 9.59 Å². The Bertz CT molecular complexity index is 768. The maximum absolute atomic E-state index is 12.1. The van der Waals surface area contributed by atoms with E-state index in [2.05, 4.69) is 10.3 Å². The van der Waals surface area contributed by atoms with Gasteiger partial charge in [0.15, 0.2) is 0 Å². The molecule has 0 atom stereocenters. The summed E-state index contributed by atoms with van der Waals surface area (Å²) in [5.41, 5.74) is 1.28. The first kappa shape index (κ1) is 19.9. The predicted octanol–water partition coefficient (Wildman–Crippen LogP) is 3.49. The molecule has 0 aromatic carbocycles. The Morgan fingerprint density at radius 3 is 2.58 bits per heavy atom. The molecule has 0 spiro atoms. The van der Waals surface area contributed by atoms with E-state index in [1.807, 2.05) is 26.8 Å². The van der Waals surface area contributed by atoms with E-state index in [1.54, 1.807) is 4.90 Å². The Hall–Kier alpha value is -2.41. The van der Waals surface area contributed by atoms with Gasteiger partial charge in [-0.3, -0.25) is 15.2 Å². The number of ether oxygens (including phenoxy) is 1. The number of carbonyl (C=O) groups is 2. The zero-order valence-electron chi connectivity index (χ0n) is 15.4. The Morgan fingerprint density at radius 2 is 2.08 bits per heavy atom. The van der Waals surface area contributed by atoms with Crippen molar-refractivity contribution >= 4 is 35.0 Å². The number of amides is 2. The molecule has 0 bridgehead atoms. The van der Waals surface area contributed by atoms with Gasteiger partial charge in [-0.2, -0.15) is 0 Å². The largest absolute Gasteiger partial charge is 0.444 e. The number of carbonyl (C=O) groups excluding carboxylic acids is 2. The zero-order valence-corrected chi connectivity index (χ0v) is 16.1. The highest BCUT2D eigenvalue weighted by molar-refractivity contribution is 6.32. The Balaban J connectivity index is 2.09. The topological polar surface area (TPSA) is 95.4 Å². The van der Waals surface area contributed by atoms with E-state index in [0.29, 0.717) is 30.2 Å². The number of nitrogens with zero attached hydrogens (tertiary/aromatic N) is 2. The van der Waals surface area contributed by atoms with Gasteiger partial charge < -0.3 is 15.0 Å². The molecule has 0 saturated carbocycles. The number of aromatic nitrogens is 1. The second-order valence-electron chi connectivity index (χ2n) is 7.04. The first-order chi connectivity index (χ1) is 12.1. The van der Waals surface area contributed by atoms with Crippen LogP contribution >= 0.6 is 11.6 Å². The number of nitrogens with one attached hydrogen (secondary N) is 2. The van der Waals surface area contributed by atoms with Gasteiger partial charge in [-0.25, -0.2) is 4.79 Å². The Morgan fingerprint density at radius 1 is 1.38 bits per heavy atom. The van der Waals surface area contributed by atoms with Crippen LogP contribution in [0.5, 0.6) is 0 Å². The second kappa shape index (κ2) is 7.86. The number of hydrogen-bond donors (Lipinski definition) is 2. The molecule has 0 saturated heterocycles. The summed E-state index contributed by atoms with van der Waals surface area (Å²) >= 11 is 6.29. The fourth-order valence-electron chi connectivity index (χ4n) is 2.42. The normalized spacial score (nSPS) is 14.5. The first-order valence-corrected chi connectivity index (χ1v) is 8.64. The van der Waals surface area contributed by atoms with Crippen molar-refractivity contribution in [1.29, 1.82) is 5.41 Å². The molecular formula is C18H23ClN4O3. The molecule has 0 fully saturated rings. The minimum atomic E-state index is -0.531. The number of pyridine rings is 1. The van der Waals surface area contributed by atoms with Gasteiger partial charge in [-0.05, 0) is 45.8 Å². The van der Waals surface area contributed by atoms with Gasteiger partial charge in [0.25, 0.3) is 5.91 Å². The van der Waals surface area contributed by atoms with Crippen LogP contribution in [0.2, 0.25) is 5.02 Å². The summed E-state index contributed by atoms with van der Waals surface area (Å²) in [4.78, 5) is 29.9. The molecule has 8 heteroatoms. The van der Waals surface area contributed by atoms with Crippen molar-refractivity contribution in [2.45, 2.75) is 39.7 Å². The van der Waals surface area contributed by atoms with Gasteiger partial charge in [0.1, 0.15) is 5.60 Å². The molecule has 1 aromatic heterocycles. The summed E-state index contributed by atoms with van der Waals surface area (Å²) in [7, 11) is 0. The molecule has 1 aliphatic rings. The summed E-state index contributed by atoms with van der Waals surface area (Å²) in [5, 5.41) is 10.1. The van der Waals surface area contributed by atoms with Crippen molar-refractivity contribution in [2.75, 3.05) is 13.1 Å². The van der Waals surface area contributed by atoms with Gasteiger partial charge in [0.05, 0.1) is 22.1 Å². The third kappa shape index (κ3) is 5.29. The van der Waals surface area contributed by atoms with Crippen LogP contribution in [0.1, 0.15) is 50.2 Å². The van der Waals surface area contributed by atoms with E-state index in [4.69, 9.17) is 21.7 Å². The monoisotopic (exact) mass is 378 g/mol. The number of amidine groups is 1. The maximum Gasteiger partial charge on any atom is 0.410 e. The van der Waals surface area contributed by atoms with Crippen molar-refractivity contribution < 1.29 is 14.3 Å². The standard InChI is InChI=1S/C18H23ClN4O3/c1-11(20)22-16(24)13-9-14(19)15(21-10-13)12-5-7-23(8-6-12)17(25)26-18(2,3)4/h5,9-10H,6-8H2,1-4H3,(H2,20,22,24). The van der Waals surface area contributed by atoms with Crippen molar-refractivity contribution in [3.63, 3.8) is 0 Å².